The molecule has 3 aromatic rings. The number of benzene rings is 2. The van der Waals surface area contributed by atoms with E-state index in [0.717, 1.165) is 23.4 Å². The number of aromatic nitrogens is 2. The van der Waals surface area contributed by atoms with Gasteiger partial charge in [-0.25, -0.2) is 23.5 Å². The smallest absolute Gasteiger partial charge is 0.319 e. The first-order chi connectivity index (χ1) is 12.1. The van der Waals surface area contributed by atoms with Crippen molar-refractivity contribution >= 4 is 11.7 Å². The first-order valence-corrected chi connectivity index (χ1v) is 7.48. The van der Waals surface area contributed by atoms with Gasteiger partial charge in [0.2, 0.25) is 0 Å². The number of carbonyl (C=O) groups excluding carboxylic acids is 1. The number of nitrogens with one attached hydrogen (secondary N) is 2. The van der Waals surface area contributed by atoms with E-state index in [0.29, 0.717) is 5.69 Å². The quantitative estimate of drug-likeness (QED) is 0.760. The summed E-state index contributed by atoms with van der Waals surface area (Å²) < 4.78 is 26.0. The molecule has 0 unspecified atom stereocenters. The molecule has 0 fully saturated rings. The van der Waals surface area contributed by atoms with Crippen LogP contribution in [0.1, 0.15) is 5.69 Å². The van der Waals surface area contributed by atoms with Gasteiger partial charge in [-0.15, -0.1) is 0 Å². The summed E-state index contributed by atoms with van der Waals surface area (Å²) in [5, 5.41) is 5.03. The van der Waals surface area contributed by atoms with Crippen molar-refractivity contribution in [3.8, 4) is 11.3 Å². The Morgan fingerprint density at radius 3 is 2.52 bits per heavy atom. The Kier molecular flexibility index (Phi) is 4.94. The lowest BCUT2D eigenvalue weighted by Gasteiger charge is -2.08. The van der Waals surface area contributed by atoms with E-state index < -0.39 is 17.7 Å². The Hall–Kier alpha value is -3.35. The molecule has 3 rings (SSSR count). The van der Waals surface area contributed by atoms with Gasteiger partial charge in [-0.1, -0.05) is 30.3 Å². The van der Waals surface area contributed by atoms with Crippen LogP contribution in [0.2, 0.25) is 0 Å². The van der Waals surface area contributed by atoms with Crippen LogP contribution in [0.3, 0.4) is 0 Å². The van der Waals surface area contributed by atoms with Gasteiger partial charge in [-0.3, -0.25) is 0 Å². The lowest BCUT2D eigenvalue weighted by molar-refractivity contribution is 0.251. The predicted octanol–water partition coefficient (Wildman–Crippen LogP) is 3.74. The minimum absolute atomic E-state index is 0.157. The number of rotatable bonds is 4. The predicted molar refractivity (Wildman–Crippen MR) is 89.7 cm³/mol. The number of nitrogens with zero attached hydrogens (tertiary/aromatic N) is 2. The average Bonchev–Trinajstić information content (AvgIpc) is 2.64. The maximum atomic E-state index is 13.1. The molecular formula is C18H14F2N4O. The molecule has 1 heterocycles. The van der Waals surface area contributed by atoms with Crippen molar-refractivity contribution in [3.05, 3.63) is 78.3 Å². The van der Waals surface area contributed by atoms with Gasteiger partial charge in [0.25, 0.3) is 0 Å². The summed E-state index contributed by atoms with van der Waals surface area (Å²) in [7, 11) is 0. The molecule has 5 nitrogen and oxygen atoms in total. The van der Waals surface area contributed by atoms with E-state index in [1.807, 2.05) is 30.3 Å². The van der Waals surface area contributed by atoms with Gasteiger partial charge in [-0.05, 0) is 18.2 Å². The third-order valence-electron chi connectivity index (χ3n) is 3.40. The fourth-order valence-electron chi connectivity index (χ4n) is 2.18. The van der Waals surface area contributed by atoms with Crippen LogP contribution in [0.5, 0.6) is 0 Å². The molecule has 2 N–H and O–H groups in total. The molecule has 7 heteroatoms. The fraction of sp³-hybridized carbons (Fsp3) is 0.0556. The van der Waals surface area contributed by atoms with Gasteiger partial charge in [0.05, 0.1) is 17.9 Å². The maximum absolute atomic E-state index is 13.1. The SMILES string of the molecule is O=C(NCc1cc(-c2ccccc2)ncn1)Nc1ccc(F)c(F)c1. The Labute approximate surface area is 142 Å². The minimum Gasteiger partial charge on any atom is -0.332 e. The number of urea groups is 1. The first kappa shape index (κ1) is 16.5. The topological polar surface area (TPSA) is 66.9 Å². The normalized spacial score (nSPS) is 10.3. The van der Waals surface area contributed by atoms with Crippen LogP contribution in [0.25, 0.3) is 11.3 Å². The van der Waals surface area contributed by atoms with Crippen molar-refractivity contribution in [2.75, 3.05) is 5.32 Å². The molecule has 0 saturated heterocycles. The largest absolute Gasteiger partial charge is 0.332 e. The molecular weight excluding hydrogens is 326 g/mol. The highest BCUT2D eigenvalue weighted by Crippen LogP contribution is 2.16. The van der Waals surface area contributed by atoms with E-state index in [-0.39, 0.29) is 12.2 Å². The van der Waals surface area contributed by atoms with Crippen LogP contribution in [0.15, 0.2) is 60.9 Å². The lowest BCUT2D eigenvalue weighted by atomic mass is 10.1. The zero-order valence-electron chi connectivity index (χ0n) is 13.0. The molecule has 0 aliphatic carbocycles. The number of anilines is 1. The van der Waals surface area contributed by atoms with Gasteiger partial charge < -0.3 is 10.6 Å². The summed E-state index contributed by atoms with van der Waals surface area (Å²) in [5.74, 6) is -2.00. The van der Waals surface area contributed by atoms with Crippen LogP contribution in [-0.2, 0) is 6.54 Å². The highest BCUT2D eigenvalue weighted by atomic mass is 19.2. The summed E-state index contributed by atoms with van der Waals surface area (Å²) in [5.41, 5.74) is 2.46. The molecule has 126 valence electrons. The van der Waals surface area contributed by atoms with Crippen molar-refractivity contribution in [2.45, 2.75) is 6.54 Å². The van der Waals surface area contributed by atoms with Crippen LogP contribution < -0.4 is 10.6 Å². The van der Waals surface area contributed by atoms with Crippen molar-refractivity contribution < 1.29 is 13.6 Å². The van der Waals surface area contributed by atoms with Gasteiger partial charge in [-0.2, -0.15) is 0 Å². The van der Waals surface area contributed by atoms with Crippen molar-refractivity contribution in [1.29, 1.82) is 0 Å². The standard InChI is InChI=1S/C18H14F2N4O/c19-15-7-6-13(8-16(15)20)24-18(25)21-10-14-9-17(23-11-22-14)12-4-2-1-3-5-12/h1-9,11H,10H2,(H2,21,24,25). The van der Waals surface area contributed by atoms with Crippen molar-refractivity contribution in [3.63, 3.8) is 0 Å². The molecule has 0 radical (unpaired) electrons. The summed E-state index contributed by atoms with van der Waals surface area (Å²) in [4.78, 5) is 20.2. The number of hydrogen-bond acceptors (Lipinski definition) is 3. The van der Waals surface area contributed by atoms with Gasteiger partial charge >= 0.3 is 6.03 Å². The summed E-state index contributed by atoms with van der Waals surface area (Å²) in [6.45, 7) is 0.165. The van der Waals surface area contributed by atoms with Gasteiger partial charge in [0, 0.05) is 17.3 Å². The second-order valence-electron chi connectivity index (χ2n) is 5.20. The number of carbonyl (C=O) groups is 1. The van der Waals surface area contributed by atoms with Crippen molar-refractivity contribution in [1.82, 2.24) is 15.3 Å². The maximum Gasteiger partial charge on any atom is 0.319 e. The Morgan fingerprint density at radius 2 is 1.76 bits per heavy atom. The number of amides is 2. The lowest BCUT2D eigenvalue weighted by Crippen LogP contribution is -2.28. The Balaban J connectivity index is 1.61. The second-order valence-corrected chi connectivity index (χ2v) is 5.20. The second kappa shape index (κ2) is 7.48. The molecule has 0 atom stereocenters. The van der Waals surface area contributed by atoms with E-state index in [1.54, 1.807) is 6.07 Å². The summed E-state index contributed by atoms with van der Waals surface area (Å²) in [6.07, 6.45) is 1.42. The Morgan fingerprint density at radius 1 is 0.960 bits per heavy atom. The van der Waals surface area contributed by atoms with Crippen LogP contribution in [-0.4, -0.2) is 16.0 Å². The molecule has 0 aliphatic rings. The van der Waals surface area contributed by atoms with E-state index in [1.165, 1.54) is 12.4 Å². The molecule has 0 aliphatic heterocycles. The third-order valence-corrected chi connectivity index (χ3v) is 3.40. The summed E-state index contributed by atoms with van der Waals surface area (Å²) in [6, 6.07) is 13.9. The zero-order chi connectivity index (χ0) is 17.6. The molecule has 0 spiro atoms. The fourth-order valence-corrected chi connectivity index (χ4v) is 2.18. The average molecular weight is 340 g/mol. The zero-order valence-corrected chi connectivity index (χ0v) is 13.0. The number of halogens is 2. The molecule has 2 aromatic carbocycles. The monoisotopic (exact) mass is 340 g/mol. The summed E-state index contributed by atoms with van der Waals surface area (Å²) >= 11 is 0. The molecule has 1 aromatic heterocycles. The van der Waals surface area contributed by atoms with E-state index in [2.05, 4.69) is 20.6 Å². The van der Waals surface area contributed by atoms with E-state index in [9.17, 15) is 13.6 Å². The van der Waals surface area contributed by atoms with Crippen molar-refractivity contribution in [2.24, 2.45) is 0 Å². The van der Waals surface area contributed by atoms with Gasteiger partial charge in [0.15, 0.2) is 11.6 Å². The third kappa shape index (κ3) is 4.35. The number of hydrogen-bond donors (Lipinski definition) is 2. The molecule has 25 heavy (non-hydrogen) atoms. The highest BCUT2D eigenvalue weighted by Gasteiger charge is 2.07. The first-order valence-electron chi connectivity index (χ1n) is 7.48. The highest BCUT2D eigenvalue weighted by molar-refractivity contribution is 5.89. The van der Waals surface area contributed by atoms with Crippen LogP contribution in [0.4, 0.5) is 19.3 Å². The van der Waals surface area contributed by atoms with E-state index >= 15 is 0 Å². The van der Waals surface area contributed by atoms with Crippen LogP contribution >= 0.6 is 0 Å². The van der Waals surface area contributed by atoms with E-state index in [4.69, 9.17) is 0 Å². The van der Waals surface area contributed by atoms with Crippen LogP contribution in [0, 0.1) is 11.6 Å². The molecule has 0 bridgehead atoms. The Bertz CT molecular complexity index is 887. The molecule has 2 amide bonds. The van der Waals surface area contributed by atoms with Gasteiger partial charge in [0.1, 0.15) is 6.33 Å². The molecule has 0 saturated carbocycles. The minimum atomic E-state index is -1.03.